The third kappa shape index (κ3) is 2.87. The molecule has 0 atom stereocenters. The van der Waals surface area contributed by atoms with Crippen molar-refractivity contribution in [2.75, 3.05) is 13.7 Å². The summed E-state index contributed by atoms with van der Waals surface area (Å²) in [5.74, 6) is 5.57. The zero-order valence-corrected chi connectivity index (χ0v) is 8.65. The molecular weight excluding hydrogens is 198 g/mol. The predicted molar refractivity (Wildman–Crippen MR) is 56.3 cm³/mol. The fraction of sp³-hybridized carbons (Fsp3) is 0.300. The monoisotopic (exact) mass is 209 g/mol. The summed E-state index contributed by atoms with van der Waals surface area (Å²) in [4.78, 5) is 12.0. The fourth-order valence-electron chi connectivity index (χ4n) is 0.871. The second-order valence-corrected chi connectivity index (χ2v) is 3.47. The molecule has 0 aromatic carbocycles. The summed E-state index contributed by atoms with van der Waals surface area (Å²) in [5, 5.41) is 12.8. The highest BCUT2D eigenvalue weighted by molar-refractivity contribution is 7.10. The van der Waals surface area contributed by atoms with Crippen LogP contribution in [0.25, 0.3) is 0 Å². The minimum absolute atomic E-state index is 0.0701. The molecular formula is C10H11NO2S. The van der Waals surface area contributed by atoms with Gasteiger partial charge in [0.25, 0.3) is 5.91 Å². The number of aliphatic hydroxyl groups is 1. The Morgan fingerprint density at radius 2 is 2.50 bits per heavy atom. The van der Waals surface area contributed by atoms with Crippen LogP contribution in [-0.4, -0.2) is 24.7 Å². The molecule has 14 heavy (non-hydrogen) atoms. The van der Waals surface area contributed by atoms with E-state index in [1.165, 1.54) is 11.3 Å². The van der Waals surface area contributed by atoms with Crippen molar-refractivity contribution in [2.45, 2.75) is 6.42 Å². The molecule has 4 heteroatoms. The van der Waals surface area contributed by atoms with Crippen LogP contribution in [-0.2, 0) is 0 Å². The number of hydrogen-bond acceptors (Lipinski definition) is 3. The molecule has 2 N–H and O–H groups in total. The molecule has 0 fully saturated rings. The van der Waals surface area contributed by atoms with Crippen LogP contribution in [0.4, 0.5) is 0 Å². The van der Waals surface area contributed by atoms with Gasteiger partial charge in [0.1, 0.15) is 0 Å². The number of hydrogen-bond donors (Lipinski definition) is 2. The van der Waals surface area contributed by atoms with Gasteiger partial charge >= 0.3 is 0 Å². The van der Waals surface area contributed by atoms with Gasteiger partial charge < -0.3 is 10.4 Å². The van der Waals surface area contributed by atoms with E-state index < -0.39 is 0 Å². The van der Waals surface area contributed by atoms with Gasteiger partial charge in [0.15, 0.2) is 0 Å². The first-order chi connectivity index (χ1) is 6.77. The SMILES string of the molecule is CNC(=O)c1csc(C#CCCO)c1. The summed E-state index contributed by atoms with van der Waals surface area (Å²) in [7, 11) is 1.59. The lowest BCUT2D eigenvalue weighted by atomic mass is 10.3. The van der Waals surface area contributed by atoms with Gasteiger partial charge in [0.05, 0.1) is 17.0 Å². The highest BCUT2D eigenvalue weighted by Gasteiger charge is 2.04. The van der Waals surface area contributed by atoms with E-state index in [0.29, 0.717) is 12.0 Å². The summed E-state index contributed by atoms with van der Waals surface area (Å²) in [6.45, 7) is 0.0701. The van der Waals surface area contributed by atoms with Crippen molar-refractivity contribution in [3.8, 4) is 11.8 Å². The number of thiophene rings is 1. The fourth-order valence-corrected chi connectivity index (χ4v) is 1.63. The van der Waals surface area contributed by atoms with Crippen LogP contribution >= 0.6 is 11.3 Å². The van der Waals surface area contributed by atoms with E-state index in [1.54, 1.807) is 18.5 Å². The smallest absolute Gasteiger partial charge is 0.251 e. The molecule has 0 spiro atoms. The first-order valence-electron chi connectivity index (χ1n) is 4.18. The number of carbonyl (C=O) groups excluding carboxylic acids is 1. The van der Waals surface area contributed by atoms with Crippen LogP contribution < -0.4 is 5.32 Å². The van der Waals surface area contributed by atoms with Crippen LogP contribution in [0.1, 0.15) is 21.7 Å². The van der Waals surface area contributed by atoms with E-state index in [1.807, 2.05) is 0 Å². The summed E-state index contributed by atoms with van der Waals surface area (Å²) in [5.41, 5.74) is 0.630. The van der Waals surface area contributed by atoms with Crippen molar-refractivity contribution in [1.82, 2.24) is 5.32 Å². The predicted octanol–water partition coefficient (Wildman–Crippen LogP) is 0.842. The van der Waals surface area contributed by atoms with Crippen molar-refractivity contribution < 1.29 is 9.90 Å². The summed E-state index contributed by atoms with van der Waals surface area (Å²) >= 11 is 1.43. The highest BCUT2D eigenvalue weighted by Crippen LogP contribution is 2.13. The van der Waals surface area contributed by atoms with E-state index in [4.69, 9.17) is 5.11 Å². The normalized spacial score (nSPS) is 9.00. The number of nitrogens with one attached hydrogen (secondary N) is 1. The van der Waals surface area contributed by atoms with Crippen LogP contribution in [0.15, 0.2) is 11.4 Å². The zero-order chi connectivity index (χ0) is 10.4. The number of rotatable bonds is 2. The molecule has 3 nitrogen and oxygen atoms in total. The number of aliphatic hydroxyl groups excluding tert-OH is 1. The van der Waals surface area contributed by atoms with Gasteiger partial charge in [-0.05, 0) is 6.07 Å². The zero-order valence-electron chi connectivity index (χ0n) is 7.83. The van der Waals surface area contributed by atoms with Gasteiger partial charge in [-0.15, -0.1) is 11.3 Å². The van der Waals surface area contributed by atoms with Crippen molar-refractivity contribution in [2.24, 2.45) is 0 Å². The van der Waals surface area contributed by atoms with Gasteiger partial charge in [-0.2, -0.15) is 0 Å². The third-order valence-corrected chi connectivity index (χ3v) is 2.38. The molecule has 0 saturated heterocycles. The Morgan fingerprint density at radius 3 is 3.14 bits per heavy atom. The van der Waals surface area contributed by atoms with Gasteiger partial charge in [-0.1, -0.05) is 11.8 Å². The maximum Gasteiger partial charge on any atom is 0.251 e. The minimum Gasteiger partial charge on any atom is -0.395 e. The van der Waals surface area contributed by atoms with E-state index in [2.05, 4.69) is 17.2 Å². The number of carbonyl (C=O) groups is 1. The lowest BCUT2D eigenvalue weighted by Crippen LogP contribution is -2.16. The van der Waals surface area contributed by atoms with E-state index in [0.717, 1.165) is 4.88 Å². The third-order valence-electron chi connectivity index (χ3n) is 1.54. The lowest BCUT2D eigenvalue weighted by Gasteiger charge is -1.91. The molecule has 0 unspecified atom stereocenters. The summed E-state index contributed by atoms with van der Waals surface area (Å²) in [6, 6.07) is 1.74. The molecule has 1 aromatic heterocycles. The largest absolute Gasteiger partial charge is 0.395 e. The Labute approximate surface area is 86.8 Å². The quantitative estimate of drug-likeness (QED) is 0.709. The van der Waals surface area contributed by atoms with Crippen LogP contribution in [0.3, 0.4) is 0 Å². The van der Waals surface area contributed by atoms with Gasteiger partial charge in [-0.3, -0.25) is 4.79 Å². The Hall–Kier alpha value is -1.31. The molecule has 0 aliphatic rings. The van der Waals surface area contributed by atoms with Crippen molar-refractivity contribution in [3.05, 3.63) is 21.9 Å². The molecule has 1 amide bonds. The first-order valence-corrected chi connectivity index (χ1v) is 5.06. The Morgan fingerprint density at radius 1 is 1.71 bits per heavy atom. The molecule has 0 radical (unpaired) electrons. The van der Waals surface area contributed by atoms with Crippen LogP contribution in [0.5, 0.6) is 0 Å². The van der Waals surface area contributed by atoms with Gasteiger partial charge in [0, 0.05) is 18.8 Å². The van der Waals surface area contributed by atoms with Crippen LogP contribution in [0, 0.1) is 11.8 Å². The Bertz CT molecular complexity index is 373. The van der Waals surface area contributed by atoms with Crippen molar-refractivity contribution in [1.29, 1.82) is 0 Å². The van der Waals surface area contributed by atoms with Gasteiger partial charge in [0.2, 0.25) is 0 Å². The van der Waals surface area contributed by atoms with Crippen molar-refractivity contribution >= 4 is 17.2 Å². The molecule has 0 aliphatic heterocycles. The number of amides is 1. The molecule has 1 heterocycles. The topological polar surface area (TPSA) is 49.3 Å². The average molecular weight is 209 g/mol. The molecule has 0 saturated carbocycles. The van der Waals surface area contributed by atoms with Crippen molar-refractivity contribution in [3.63, 3.8) is 0 Å². The van der Waals surface area contributed by atoms with Crippen LogP contribution in [0.2, 0.25) is 0 Å². The van der Waals surface area contributed by atoms with E-state index in [9.17, 15) is 4.79 Å². The summed E-state index contributed by atoms with van der Waals surface area (Å²) < 4.78 is 0. The molecule has 1 rings (SSSR count). The first kappa shape index (κ1) is 10.8. The summed E-state index contributed by atoms with van der Waals surface area (Å²) in [6.07, 6.45) is 0.465. The molecule has 0 bridgehead atoms. The highest BCUT2D eigenvalue weighted by atomic mass is 32.1. The lowest BCUT2D eigenvalue weighted by molar-refractivity contribution is 0.0963. The molecule has 74 valence electrons. The minimum atomic E-state index is -0.101. The van der Waals surface area contributed by atoms with E-state index >= 15 is 0 Å². The average Bonchev–Trinajstić information content (AvgIpc) is 2.66. The van der Waals surface area contributed by atoms with Gasteiger partial charge in [-0.25, -0.2) is 0 Å². The second kappa shape index (κ2) is 5.43. The molecule has 0 aliphatic carbocycles. The van der Waals surface area contributed by atoms with E-state index in [-0.39, 0.29) is 12.5 Å². The second-order valence-electron chi connectivity index (χ2n) is 2.55. The Kier molecular flexibility index (Phi) is 4.17. The Balaban J connectivity index is 2.70. The molecule has 1 aromatic rings. The maximum atomic E-state index is 11.2. The maximum absolute atomic E-state index is 11.2. The standard InChI is InChI=1S/C10H11NO2S/c1-11-10(13)8-6-9(14-7-8)4-2-3-5-12/h6-7,12H,3,5H2,1H3,(H,11,13).